The van der Waals surface area contributed by atoms with Gasteiger partial charge in [-0.05, 0) is 25.3 Å². The number of benzene rings is 1. The minimum atomic E-state index is -0.695. The second-order valence-corrected chi connectivity index (χ2v) is 5.52. The molecule has 1 aromatic rings. The Morgan fingerprint density at radius 2 is 1.85 bits per heavy atom. The topological polar surface area (TPSA) is 137 Å². The Bertz CT molecular complexity index is 662. The van der Waals surface area contributed by atoms with Crippen molar-refractivity contribution in [3.8, 4) is 0 Å². The van der Waals surface area contributed by atoms with Crippen LogP contribution in [0.3, 0.4) is 0 Å². The SMILES string of the molecule is COC(=O)CCCCCCC/C=N/Nc1ccc([N+](=O)[O-])cc1[N+](=O)[O-]. The minimum absolute atomic E-state index is 0.0969. The molecule has 0 saturated carbocycles. The molecule has 0 unspecified atom stereocenters. The average Bonchev–Trinajstić information content (AvgIpc) is 2.62. The summed E-state index contributed by atoms with van der Waals surface area (Å²) in [6.07, 6.45) is 7.43. The number of nitrogens with zero attached hydrogens (tertiary/aromatic N) is 3. The number of nitro groups is 2. The summed E-state index contributed by atoms with van der Waals surface area (Å²) in [6, 6.07) is 3.33. The molecule has 0 heterocycles. The van der Waals surface area contributed by atoms with Crippen molar-refractivity contribution >= 4 is 29.2 Å². The van der Waals surface area contributed by atoms with Gasteiger partial charge in [-0.25, -0.2) is 0 Å². The molecule has 0 aromatic heterocycles. The van der Waals surface area contributed by atoms with Crippen LogP contribution in [0, 0.1) is 20.2 Å². The number of ether oxygens (including phenoxy) is 1. The van der Waals surface area contributed by atoms with Crippen LogP contribution in [0.15, 0.2) is 23.3 Å². The summed E-state index contributed by atoms with van der Waals surface area (Å²) in [5, 5.41) is 25.6. The molecule has 0 amide bonds. The first-order valence-electron chi connectivity index (χ1n) is 8.23. The monoisotopic (exact) mass is 366 g/mol. The Morgan fingerprint density at radius 3 is 2.50 bits per heavy atom. The van der Waals surface area contributed by atoms with E-state index in [1.807, 2.05) is 0 Å². The number of hydrogen-bond acceptors (Lipinski definition) is 8. The number of anilines is 1. The van der Waals surface area contributed by atoms with Gasteiger partial charge in [0.15, 0.2) is 0 Å². The Labute approximate surface area is 150 Å². The van der Waals surface area contributed by atoms with Crippen molar-refractivity contribution in [3.63, 3.8) is 0 Å². The fourth-order valence-electron chi connectivity index (χ4n) is 2.20. The zero-order valence-electron chi connectivity index (χ0n) is 14.6. The van der Waals surface area contributed by atoms with Crippen LogP contribution >= 0.6 is 0 Å². The number of non-ortho nitro benzene ring substituents is 1. The Hall–Kier alpha value is -3.04. The molecule has 1 rings (SSSR count). The normalized spacial score (nSPS) is 10.7. The number of carbonyl (C=O) groups excluding carboxylic acids is 1. The summed E-state index contributed by atoms with van der Waals surface area (Å²) >= 11 is 0. The summed E-state index contributed by atoms with van der Waals surface area (Å²) in [5.74, 6) is -0.191. The van der Waals surface area contributed by atoms with Crippen LogP contribution in [0.4, 0.5) is 17.1 Å². The molecule has 0 fully saturated rings. The van der Waals surface area contributed by atoms with E-state index in [0.717, 1.165) is 38.2 Å². The van der Waals surface area contributed by atoms with Crippen LogP contribution in [0.1, 0.15) is 44.9 Å². The molecule has 10 nitrogen and oxygen atoms in total. The Morgan fingerprint density at radius 1 is 1.15 bits per heavy atom. The summed E-state index contributed by atoms with van der Waals surface area (Å²) in [6.45, 7) is 0. The lowest BCUT2D eigenvalue weighted by molar-refractivity contribution is -0.393. The zero-order chi connectivity index (χ0) is 19.4. The number of rotatable bonds is 12. The standard InChI is InChI=1S/C16H22N4O6/c1-26-16(21)8-6-4-2-3-5-7-11-17-18-14-10-9-13(19(22)23)12-15(14)20(24)25/h9-12,18H,2-8H2,1H3/b17-11+. The van der Waals surface area contributed by atoms with Crippen LogP contribution < -0.4 is 5.43 Å². The van der Waals surface area contributed by atoms with Gasteiger partial charge >= 0.3 is 11.7 Å². The summed E-state index contributed by atoms with van der Waals surface area (Å²) < 4.78 is 4.56. The molecular weight excluding hydrogens is 344 g/mol. The number of esters is 1. The number of hydrogen-bond donors (Lipinski definition) is 1. The summed E-state index contributed by atoms with van der Waals surface area (Å²) in [5.41, 5.74) is 1.89. The van der Waals surface area contributed by atoms with E-state index < -0.39 is 15.5 Å². The molecule has 1 N–H and O–H groups in total. The minimum Gasteiger partial charge on any atom is -0.469 e. The smallest absolute Gasteiger partial charge is 0.305 e. The van der Waals surface area contributed by atoms with Crippen molar-refractivity contribution in [1.82, 2.24) is 0 Å². The first kappa shape index (κ1) is 21.0. The third-order valence-electron chi connectivity index (χ3n) is 3.61. The highest BCUT2D eigenvalue weighted by molar-refractivity contribution is 5.69. The van der Waals surface area contributed by atoms with Gasteiger partial charge in [0.1, 0.15) is 5.69 Å². The fourth-order valence-corrected chi connectivity index (χ4v) is 2.20. The lowest BCUT2D eigenvalue weighted by Gasteiger charge is -2.02. The van der Waals surface area contributed by atoms with Gasteiger partial charge in [0.05, 0.1) is 23.0 Å². The molecular formula is C16H22N4O6. The number of methoxy groups -OCH3 is 1. The van der Waals surface area contributed by atoms with Crippen molar-refractivity contribution in [2.45, 2.75) is 44.9 Å². The Kier molecular flexibility index (Phi) is 9.29. The maximum Gasteiger partial charge on any atom is 0.305 e. The van der Waals surface area contributed by atoms with Crippen molar-refractivity contribution in [2.75, 3.05) is 12.5 Å². The largest absolute Gasteiger partial charge is 0.469 e. The van der Waals surface area contributed by atoms with E-state index in [1.54, 1.807) is 6.21 Å². The fraction of sp³-hybridized carbons (Fsp3) is 0.500. The molecule has 0 atom stereocenters. The van der Waals surface area contributed by atoms with Crippen LogP contribution in [0.2, 0.25) is 0 Å². The maximum atomic E-state index is 11.0. The second-order valence-electron chi connectivity index (χ2n) is 5.52. The molecule has 0 radical (unpaired) electrons. The van der Waals surface area contributed by atoms with Gasteiger partial charge in [-0.15, -0.1) is 0 Å². The highest BCUT2D eigenvalue weighted by Gasteiger charge is 2.18. The highest BCUT2D eigenvalue weighted by Crippen LogP contribution is 2.28. The molecule has 10 heteroatoms. The van der Waals surface area contributed by atoms with Crippen molar-refractivity contribution in [3.05, 3.63) is 38.4 Å². The van der Waals surface area contributed by atoms with E-state index in [0.29, 0.717) is 12.8 Å². The molecule has 0 spiro atoms. The molecule has 0 bridgehead atoms. The van der Waals surface area contributed by atoms with Crippen LogP contribution in [0.25, 0.3) is 0 Å². The van der Waals surface area contributed by atoms with E-state index in [9.17, 15) is 25.0 Å². The van der Waals surface area contributed by atoms with Crippen molar-refractivity contribution in [2.24, 2.45) is 5.10 Å². The van der Waals surface area contributed by atoms with Crippen LogP contribution in [-0.4, -0.2) is 29.1 Å². The molecule has 0 saturated heterocycles. The van der Waals surface area contributed by atoms with Gasteiger partial charge in [0, 0.05) is 18.7 Å². The maximum absolute atomic E-state index is 11.0. The third-order valence-corrected chi connectivity index (χ3v) is 3.61. The van der Waals surface area contributed by atoms with E-state index in [2.05, 4.69) is 15.3 Å². The van der Waals surface area contributed by atoms with Gasteiger partial charge in [-0.1, -0.05) is 19.3 Å². The lowest BCUT2D eigenvalue weighted by Crippen LogP contribution is -1.99. The number of hydrazone groups is 1. The molecule has 0 aliphatic heterocycles. The summed E-state index contributed by atoms with van der Waals surface area (Å²) in [7, 11) is 1.38. The van der Waals surface area contributed by atoms with Crippen LogP contribution in [-0.2, 0) is 9.53 Å². The predicted molar refractivity (Wildman–Crippen MR) is 96.2 cm³/mol. The van der Waals surface area contributed by atoms with E-state index in [1.165, 1.54) is 19.2 Å². The van der Waals surface area contributed by atoms with Crippen molar-refractivity contribution < 1.29 is 19.4 Å². The third kappa shape index (κ3) is 7.69. The summed E-state index contributed by atoms with van der Waals surface area (Å²) in [4.78, 5) is 31.2. The van der Waals surface area contributed by atoms with Gasteiger partial charge in [0.2, 0.25) is 0 Å². The van der Waals surface area contributed by atoms with E-state index in [-0.39, 0.29) is 17.3 Å². The predicted octanol–water partition coefficient (Wildman–Crippen LogP) is 3.80. The van der Waals surface area contributed by atoms with Crippen molar-refractivity contribution in [1.29, 1.82) is 0 Å². The lowest BCUT2D eigenvalue weighted by atomic mass is 10.1. The number of unbranched alkanes of at least 4 members (excludes halogenated alkanes) is 5. The van der Waals surface area contributed by atoms with Gasteiger partial charge in [-0.2, -0.15) is 5.10 Å². The Balaban J connectivity index is 2.31. The number of nitro benzene ring substituents is 2. The second kappa shape index (κ2) is 11.5. The zero-order valence-corrected chi connectivity index (χ0v) is 14.6. The molecule has 142 valence electrons. The van der Waals surface area contributed by atoms with E-state index >= 15 is 0 Å². The average molecular weight is 366 g/mol. The first-order chi connectivity index (χ1) is 12.5. The number of carbonyl (C=O) groups is 1. The van der Waals surface area contributed by atoms with Gasteiger partial charge < -0.3 is 4.74 Å². The molecule has 0 aliphatic carbocycles. The van der Waals surface area contributed by atoms with Gasteiger partial charge in [0.25, 0.3) is 5.69 Å². The number of nitrogens with one attached hydrogen (secondary N) is 1. The highest BCUT2D eigenvalue weighted by atomic mass is 16.6. The molecule has 0 aliphatic rings. The van der Waals surface area contributed by atoms with Gasteiger partial charge in [-0.3, -0.25) is 30.4 Å². The first-order valence-corrected chi connectivity index (χ1v) is 8.23. The quantitative estimate of drug-likeness (QED) is 0.195. The molecule has 1 aromatic carbocycles. The van der Waals surface area contributed by atoms with E-state index in [4.69, 9.17) is 0 Å². The molecule has 26 heavy (non-hydrogen) atoms. The van der Waals surface area contributed by atoms with Crippen LogP contribution in [0.5, 0.6) is 0 Å².